The molecule has 0 amide bonds. The largest absolute Gasteiger partial charge is 0.396 e. The van der Waals surface area contributed by atoms with Crippen LogP contribution in [0.25, 0.3) is 22.1 Å². The molecule has 4 atom stereocenters. The van der Waals surface area contributed by atoms with E-state index >= 15 is 0 Å². The van der Waals surface area contributed by atoms with Gasteiger partial charge in [0.1, 0.15) is 6.29 Å². The molecule has 8 rings (SSSR count). The number of fused-ring (bicyclic) bond motifs is 2. The van der Waals surface area contributed by atoms with Gasteiger partial charge >= 0.3 is 11.4 Å². The van der Waals surface area contributed by atoms with E-state index in [1.807, 2.05) is 40.3 Å². The first-order valence-electron chi connectivity index (χ1n) is 25.3. The molecule has 2 aliphatic heterocycles. The minimum Gasteiger partial charge on any atom is -0.396 e. The van der Waals surface area contributed by atoms with Crippen molar-refractivity contribution in [3.63, 3.8) is 0 Å². The molecule has 4 unspecified atom stereocenters. The third kappa shape index (κ3) is 11.2. The van der Waals surface area contributed by atoms with Gasteiger partial charge in [0.05, 0.1) is 22.1 Å². The lowest BCUT2D eigenvalue weighted by atomic mass is 9.86. The SMILES string of the molecule is CCn1c(=O)n(C2CCN(CC3CCCCCCC3)CC2CCC=O)c2ccccc21.CCn1c(=O)n(C2CCN(CC3CCCCCCC3)CC2CCCO)c2ccccc21. The van der Waals surface area contributed by atoms with Crippen LogP contribution in [-0.2, 0) is 17.9 Å². The van der Waals surface area contributed by atoms with Crippen LogP contribution in [0.15, 0.2) is 58.1 Å². The van der Waals surface area contributed by atoms with Crippen molar-refractivity contribution in [2.45, 2.75) is 167 Å². The number of hydrogen-bond acceptors (Lipinski definition) is 6. The van der Waals surface area contributed by atoms with Gasteiger partial charge in [-0.15, -0.1) is 0 Å². The molecule has 2 aromatic carbocycles. The van der Waals surface area contributed by atoms with Crippen LogP contribution >= 0.6 is 0 Å². The molecule has 342 valence electrons. The number of imidazole rings is 2. The van der Waals surface area contributed by atoms with Crippen molar-refractivity contribution < 1.29 is 9.90 Å². The number of aliphatic hydroxyl groups excluding tert-OH is 1. The van der Waals surface area contributed by atoms with Crippen LogP contribution in [-0.4, -0.2) is 85.3 Å². The minimum absolute atomic E-state index is 0.110. The second-order valence-corrected chi connectivity index (χ2v) is 19.6. The lowest BCUT2D eigenvalue weighted by molar-refractivity contribution is -0.108. The van der Waals surface area contributed by atoms with Crippen molar-refractivity contribution >= 4 is 28.4 Å². The summed E-state index contributed by atoms with van der Waals surface area (Å²) in [5, 5.41) is 9.52. The summed E-state index contributed by atoms with van der Waals surface area (Å²) in [6.45, 7) is 12.3. The molecule has 1 N–H and O–H groups in total. The number of aliphatic hydroxyl groups is 1. The molecule has 0 bridgehead atoms. The molecule has 2 aliphatic carbocycles. The van der Waals surface area contributed by atoms with E-state index in [0.717, 1.165) is 98.5 Å². The number of para-hydroxylation sites is 4. The highest BCUT2D eigenvalue weighted by Crippen LogP contribution is 2.36. The Morgan fingerprint density at radius 2 is 0.968 bits per heavy atom. The van der Waals surface area contributed by atoms with E-state index in [0.29, 0.717) is 31.3 Å². The highest BCUT2D eigenvalue weighted by atomic mass is 16.3. The maximum atomic E-state index is 13.4. The van der Waals surface area contributed by atoms with Gasteiger partial charge in [0.2, 0.25) is 0 Å². The lowest BCUT2D eigenvalue weighted by Crippen LogP contribution is -2.45. The van der Waals surface area contributed by atoms with E-state index in [9.17, 15) is 19.5 Å². The smallest absolute Gasteiger partial charge is 0.329 e. The average Bonchev–Trinajstić information content (AvgIpc) is 3.72. The second-order valence-electron chi connectivity index (χ2n) is 19.6. The van der Waals surface area contributed by atoms with Gasteiger partial charge in [-0.1, -0.05) is 88.5 Å². The number of aldehydes is 1. The van der Waals surface area contributed by atoms with Crippen LogP contribution in [0.4, 0.5) is 0 Å². The summed E-state index contributed by atoms with van der Waals surface area (Å²) in [5.41, 5.74) is 4.44. The van der Waals surface area contributed by atoms with Crippen molar-refractivity contribution in [3.05, 3.63) is 69.5 Å². The molecule has 0 radical (unpaired) electrons. The summed E-state index contributed by atoms with van der Waals surface area (Å²) in [7, 11) is 0. The van der Waals surface area contributed by atoms with E-state index in [-0.39, 0.29) is 30.1 Å². The third-order valence-electron chi connectivity index (χ3n) is 15.5. The van der Waals surface area contributed by atoms with Gasteiger partial charge in [-0.05, 0) is 120 Å². The van der Waals surface area contributed by atoms with Gasteiger partial charge in [0, 0.05) is 77.5 Å². The summed E-state index contributed by atoms with van der Waals surface area (Å²) in [4.78, 5) is 43.2. The molecule has 10 nitrogen and oxygen atoms in total. The second kappa shape index (κ2) is 23.5. The van der Waals surface area contributed by atoms with E-state index in [4.69, 9.17) is 0 Å². The maximum absolute atomic E-state index is 13.4. The number of carbonyl (C=O) groups is 1. The molecule has 2 saturated heterocycles. The van der Waals surface area contributed by atoms with E-state index < -0.39 is 0 Å². The molecule has 4 aliphatic rings. The Labute approximate surface area is 371 Å². The van der Waals surface area contributed by atoms with Gasteiger partial charge in [-0.25, -0.2) is 9.59 Å². The number of rotatable bonds is 14. The Bertz CT molecular complexity index is 2080. The number of likely N-dealkylation sites (tertiary alicyclic amines) is 2. The van der Waals surface area contributed by atoms with Crippen LogP contribution in [0.5, 0.6) is 0 Å². The van der Waals surface area contributed by atoms with Crippen LogP contribution < -0.4 is 11.4 Å². The number of nitrogens with zero attached hydrogens (tertiary/aromatic N) is 6. The van der Waals surface area contributed by atoms with E-state index in [2.05, 4.69) is 50.1 Å². The zero-order valence-electron chi connectivity index (χ0n) is 38.5. The van der Waals surface area contributed by atoms with Crippen LogP contribution in [0.2, 0.25) is 0 Å². The van der Waals surface area contributed by atoms with Crippen LogP contribution in [0, 0.1) is 23.7 Å². The fourth-order valence-corrected chi connectivity index (χ4v) is 12.3. The zero-order chi connectivity index (χ0) is 43.3. The number of benzene rings is 2. The topological polar surface area (TPSA) is 97.6 Å². The molecule has 10 heteroatoms. The summed E-state index contributed by atoms with van der Waals surface area (Å²) >= 11 is 0. The normalized spacial score (nSPS) is 24.2. The first kappa shape index (κ1) is 46.5. The minimum atomic E-state index is 0.110. The predicted molar refractivity (Wildman–Crippen MR) is 254 cm³/mol. The highest BCUT2D eigenvalue weighted by molar-refractivity contribution is 5.77. The monoisotopic (exact) mass is 853 g/mol. The van der Waals surface area contributed by atoms with Crippen molar-refractivity contribution in [2.75, 3.05) is 45.9 Å². The zero-order valence-corrected chi connectivity index (χ0v) is 38.5. The quantitative estimate of drug-likeness (QED) is 0.127. The summed E-state index contributed by atoms with van der Waals surface area (Å²) < 4.78 is 7.96. The molecule has 2 aromatic heterocycles. The molecule has 4 heterocycles. The van der Waals surface area contributed by atoms with E-state index in [1.165, 1.54) is 103 Å². The van der Waals surface area contributed by atoms with Crippen LogP contribution in [0.1, 0.15) is 154 Å². The maximum Gasteiger partial charge on any atom is 0.329 e. The summed E-state index contributed by atoms with van der Waals surface area (Å²) in [5.74, 6) is 2.41. The van der Waals surface area contributed by atoms with Gasteiger partial charge in [-0.3, -0.25) is 18.3 Å². The molecular weight excluding hydrogens is 773 g/mol. The van der Waals surface area contributed by atoms with Crippen molar-refractivity contribution in [3.8, 4) is 0 Å². The number of hydrogen-bond donors (Lipinski definition) is 1. The Kier molecular flexibility index (Phi) is 17.6. The van der Waals surface area contributed by atoms with E-state index in [1.54, 1.807) is 0 Å². The number of carbonyl (C=O) groups excluding carboxylic acids is 1. The first-order valence-corrected chi connectivity index (χ1v) is 25.3. The summed E-state index contributed by atoms with van der Waals surface area (Å²) in [6.07, 6.45) is 25.8. The van der Waals surface area contributed by atoms with Crippen molar-refractivity contribution in [1.82, 2.24) is 28.1 Å². The Morgan fingerprint density at radius 3 is 1.37 bits per heavy atom. The lowest BCUT2D eigenvalue weighted by Gasteiger charge is -2.40. The number of aryl methyl sites for hydroxylation is 2. The number of piperidine rings is 2. The fraction of sp³-hybridized carbons (Fsp3) is 0.712. The Morgan fingerprint density at radius 1 is 0.565 bits per heavy atom. The van der Waals surface area contributed by atoms with Gasteiger partial charge < -0.3 is 19.7 Å². The molecule has 4 fully saturated rings. The Balaban J connectivity index is 0.000000186. The first-order chi connectivity index (χ1) is 30.4. The molecule has 4 aromatic rings. The molecule has 62 heavy (non-hydrogen) atoms. The van der Waals surface area contributed by atoms with Gasteiger partial charge in [0.15, 0.2) is 0 Å². The molecule has 0 spiro atoms. The highest BCUT2D eigenvalue weighted by Gasteiger charge is 2.35. The van der Waals surface area contributed by atoms with Gasteiger partial charge in [-0.2, -0.15) is 0 Å². The number of aromatic nitrogens is 4. The summed E-state index contributed by atoms with van der Waals surface area (Å²) in [6, 6.07) is 16.8. The Hall–Kier alpha value is -3.47. The van der Waals surface area contributed by atoms with Crippen LogP contribution in [0.3, 0.4) is 0 Å². The molecule has 2 saturated carbocycles. The third-order valence-corrected chi connectivity index (χ3v) is 15.5. The average molecular weight is 853 g/mol. The van der Waals surface area contributed by atoms with Gasteiger partial charge in [0.25, 0.3) is 0 Å². The van der Waals surface area contributed by atoms with Crippen molar-refractivity contribution in [2.24, 2.45) is 23.7 Å². The predicted octanol–water partition coefficient (Wildman–Crippen LogP) is 9.84. The molecular formula is C52H80N6O4. The standard InChI is InChI=1S/C26H41N3O2.C26H39N3O2/c2*1-2-28-24-14-8-9-15-25(24)29(26(28)31)23-16-17-27(20-22(23)13-10-18-30)19-21-11-6-4-3-5-7-12-21/h8-9,14-15,21-23,30H,2-7,10-13,16-20H2,1H3;8-9,14-15,18,21-23H,2-7,10-13,16-17,19-20H2,1H3. The van der Waals surface area contributed by atoms with Crippen molar-refractivity contribution in [1.29, 1.82) is 0 Å². The fourth-order valence-electron chi connectivity index (χ4n) is 12.3.